The quantitative estimate of drug-likeness (QED) is 0.191. The molecular formula is C29H24N3O10-. The fourth-order valence-electron chi connectivity index (χ4n) is 5.07. The molecule has 1 aliphatic carbocycles. The lowest BCUT2D eigenvalue weighted by Gasteiger charge is -2.39. The summed E-state index contributed by atoms with van der Waals surface area (Å²) in [4.78, 5) is 24.0. The average Bonchev–Trinajstić information content (AvgIpc) is 3.46. The Morgan fingerprint density at radius 3 is 2.60 bits per heavy atom. The van der Waals surface area contributed by atoms with E-state index in [1.807, 2.05) is 0 Å². The normalized spacial score (nSPS) is 22.4. The van der Waals surface area contributed by atoms with Crippen molar-refractivity contribution in [1.29, 1.82) is 0 Å². The molecular weight excluding hydrogens is 550 g/mol. The fraction of sp³-hybridized carbons (Fsp3) is 0.241. The lowest BCUT2D eigenvalue weighted by molar-refractivity contribution is -0.254. The molecule has 0 spiro atoms. The number of hydrogen-bond acceptors (Lipinski definition) is 12. The highest BCUT2D eigenvalue weighted by molar-refractivity contribution is 6.07. The number of aliphatic hydroxyl groups is 4. The van der Waals surface area contributed by atoms with Crippen LogP contribution in [0.2, 0.25) is 0 Å². The van der Waals surface area contributed by atoms with E-state index in [0.717, 1.165) is 4.68 Å². The molecule has 0 bridgehead atoms. The van der Waals surface area contributed by atoms with Crippen LogP contribution in [-0.2, 0) is 11.3 Å². The summed E-state index contributed by atoms with van der Waals surface area (Å²) in [5.74, 6) is -0.715. The molecule has 1 saturated heterocycles. The molecule has 13 heteroatoms. The molecule has 1 aromatic heterocycles. The molecule has 3 aliphatic rings. The van der Waals surface area contributed by atoms with Crippen LogP contribution in [0.1, 0.15) is 22.3 Å². The summed E-state index contributed by atoms with van der Waals surface area (Å²) in [6, 6.07) is 15.7. The van der Waals surface area contributed by atoms with Crippen molar-refractivity contribution in [3.63, 3.8) is 0 Å². The number of carbonyl (C=O) groups is 1. The second-order valence-corrected chi connectivity index (χ2v) is 9.82. The van der Waals surface area contributed by atoms with Crippen LogP contribution in [0.4, 0.5) is 0 Å². The van der Waals surface area contributed by atoms with Crippen LogP contribution in [0.15, 0.2) is 76.1 Å². The van der Waals surface area contributed by atoms with Gasteiger partial charge in [0.25, 0.3) is 0 Å². The van der Waals surface area contributed by atoms with E-state index in [2.05, 4.69) is 10.3 Å². The highest BCUT2D eigenvalue weighted by Gasteiger charge is 2.44. The summed E-state index contributed by atoms with van der Waals surface area (Å²) in [6.45, 7) is -0.646. The minimum Gasteiger partial charge on any atom is -0.545 e. The van der Waals surface area contributed by atoms with Crippen LogP contribution in [-0.4, -0.2) is 72.4 Å². The van der Waals surface area contributed by atoms with Gasteiger partial charge in [-0.05, 0) is 29.8 Å². The highest BCUT2D eigenvalue weighted by atomic mass is 16.6. The number of carboxylic acids is 1. The molecule has 216 valence electrons. The van der Waals surface area contributed by atoms with E-state index >= 15 is 0 Å². The Bertz CT molecular complexity index is 1800. The molecule has 0 amide bonds. The highest BCUT2D eigenvalue weighted by Crippen LogP contribution is 2.42. The summed E-state index contributed by atoms with van der Waals surface area (Å²) in [7, 11) is 0. The lowest BCUT2D eigenvalue weighted by Crippen LogP contribution is -2.56. The van der Waals surface area contributed by atoms with Crippen molar-refractivity contribution in [1.82, 2.24) is 15.0 Å². The number of benzene rings is 3. The van der Waals surface area contributed by atoms with Crippen molar-refractivity contribution in [3.05, 3.63) is 88.3 Å². The first kappa shape index (κ1) is 27.5. The lowest BCUT2D eigenvalue weighted by atomic mass is 9.91. The van der Waals surface area contributed by atoms with Crippen LogP contribution in [0.5, 0.6) is 5.75 Å². The third-order valence-electron chi connectivity index (χ3n) is 7.15. The van der Waals surface area contributed by atoms with Gasteiger partial charge in [-0.15, -0.1) is 5.10 Å². The Kier molecular flexibility index (Phi) is 7.18. The Hall–Kier alpha value is -4.66. The van der Waals surface area contributed by atoms with E-state index in [-0.39, 0.29) is 23.4 Å². The van der Waals surface area contributed by atoms with Crippen molar-refractivity contribution in [2.75, 3.05) is 6.61 Å². The van der Waals surface area contributed by atoms with Gasteiger partial charge >= 0.3 is 0 Å². The molecule has 1 fully saturated rings. The maximum atomic E-state index is 12.1. The van der Waals surface area contributed by atoms with Gasteiger partial charge in [0.2, 0.25) is 0 Å². The van der Waals surface area contributed by atoms with Crippen molar-refractivity contribution < 1.29 is 44.2 Å². The van der Waals surface area contributed by atoms with Gasteiger partial charge in [-0.3, -0.25) is 4.79 Å². The van der Waals surface area contributed by atoms with Gasteiger partial charge in [-0.25, -0.2) is 4.68 Å². The predicted octanol–water partition coefficient (Wildman–Crippen LogP) is 0.0712. The summed E-state index contributed by atoms with van der Waals surface area (Å²) >= 11 is 0. The second-order valence-electron chi connectivity index (χ2n) is 9.82. The minimum absolute atomic E-state index is 0.0136. The number of carboxylic acid groups (broad SMARTS) is 1. The van der Waals surface area contributed by atoms with E-state index in [1.165, 1.54) is 24.4 Å². The average molecular weight is 575 g/mol. The zero-order valence-electron chi connectivity index (χ0n) is 21.7. The number of nitrogens with zero attached hydrogens (tertiary/aromatic N) is 3. The van der Waals surface area contributed by atoms with Crippen molar-refractivity contribution in [2.24, 2.45) is 0 Å². The third-order valence-corrected chi connectivity index (χ3v) is 7.15. The summed E-state index contributed by atoms with van der Waals surface area (Å²) in [5.41, 5.74) is 1.88. The smallest absolute Gasteiger partial charge is 0.182 e. The monoisotopic (exact) mass is 574 g/mol. The Balaban J connectivity index is 1.31. The first-order valence-corrected chi connectivity index (χ1v) is 12.9. The van der Waals surface area contributed by atoms with Gasteiger partial charge in [0.05, 0.1) is 18.8 Å². The molecule has 0 unspecified atom stereocenters. The van der Waals surface area contributed by atoms with E-state index in [0.29, 0.717) is 39.1 Å². The number of hydrogen-bond donors (Lipinski definition) is 4. The molecule has 6 rings (SSSR count). The van der Waals surface area contributed by atoms with Crippen molar-refractivity contribution in [3.8, 4) is 28.2 Å². The van der Waals surface area contributed by atoms with E-state index in [4.69, 9.17) is 13.9 Å². The van der Waals surface area contributed by atoms with Gasteiger partial charge in [-0.1, -0.05) is 29.5 Å². The third kappa shape index (κ3) is 4.89. The zero-order chi connectivity index (χ0) is 29.5. The molecule has 0 saturated carbocycles. The molecule has 0 radical (unpaired) electrons. The maximum Gasteiger partial charge on any atom is 0.182 e. The minimum atomic E-state index is -1.57. The predicted molar refractivity (Wildman–Crippen MR) is 142 cm³/mol. The van der Waals surface area contributed by atoms with E-state index in [1.54, 1.807) is 42.5 Å². The Morgan fingerprint density at radius 1 is 1.00 bits per heavy atom. The summed E-state index contributed by atoms with van der Waals surface area (Å²) < 4.78 is 18.6. The van der Waals surface area contributed by atoms with Gasteiger partial charge < -0.3 is 44.2 Å². The summed E-state index contributed by atoms with van der Waals surface area (Å²) in [5, 5.41) is 60.2. The number of aromatic nitrogens is 3. The summed E-state index contributed by atoms with van der Waals surface area (Å²) in [6.07, 6.45) is -5.47. The number of rotatable bonds is 7. The topological polar surface area (TPSA) is 200 Å². The molecule has 42 heavy (non-hydrogen) atoms. The molecule has 3 aromatic rings. The maximum absolute atomic E-state index is 12.1. The van der Waals surface area contributed by atoms with Crippen molar-refractivity contribution in [2.45, 2.75) is 37.3 Å². The van der Waals surface area contributed by atoms with Crippen LogP contribution >= 0.6 is 0 Å². The number of fused-ring (bicyclic) bond motifs is 2. The molecule has 3 heterocycles. The molecule has 13 nitrogen and oxygen atoms in total. The standard InChI is InChI=1S/C29H25N3O10/c33-12-23-25(35)26(36)27(37)28(42-23)32-11-14(30-31-32)13-40-16-6-8-20-22(10-16)41-21-9-15(34)5-7-19(21)24(20)17-3-1-2-4-18(17)29(38)39/h1-11,23,25-28,33,35-37H,12-13H2,(H,38,39)/p-1/t23-,25+,26+,27-,28-/m1/s1. The second kappa shape index (κ2) is 11.0. The van der Waals surface area contributed by atoms with Crippen molar-refractivity contribution >= 4 is 16.9 Å². The first-order valence-electron chi connectivity index (χ1n) is 12.9. The van der Waals surface area contributed by atoms with E-state index in [9.17, 15) is 35.1 Å². The number of aromatic carboxylic acids is 1. The molecule has 2 aliphatic heterocycles. The van der Waals surface area contributed by atoms with Gasteiger partial charge in [-0.2, -0.15) is 0 Å². The molecule has 5 atom stereocenters. The Morgan fingerprint density at radius 2 is 1.81 bits per heavy atom. The molecule has 4 N–H and O–H groups in total. The zero-order valence-corrected chi connectivity index (χ0v) is 21.7. The SMILES string of the molecule is O=C([O-])c1ccccc1-c1c2ccc(=O)cc-2oc2cc(OCc3cn([C@@H]4O[C@H](CO)[C@H](O)[C@H](O)[C@H]4O)nn3)ccc12. The number of ether oxygens (including phenoxy) is 2. The first-order chi connectivity index (χ1) is 20.2. The van der Waals surface area contributed by atoms with Gasteiger partial charge in [0.1, 0.15) is 53.8 Å². The van der Waals surface area contributed by atoms with Crippen LogP contribution in [0, 0.1) is 0 Å². The van der Waals surface area contributed by atoms with Crippen LogP contribution < -0.4 is 15.3 Å². The number of aliphatic hydroxyl groups excluding tert-OH is 4. The molecule has 2 aromatic carbocycles. The number of carbonyl (C=O) groups excluding carboxylic acids is 1. The van der Waals surface area contributed by atoms with Crippen LogP contribution in [0.25, 0.3) is 33.4 Å². The van der Waals surface area contributed by atoms with Crippen LogP contribution in [0.3, 0.4) is 0 Å². The van der Waals surface area contributed by atoms with E-state index < -0.39 is 43.2 Å². The van der Waals surface area contributed by atoms with Gasteiger partial charge in [0.15, 0.2) is 11.7 Å². The Labute approximate surface area is 236 Å². The largest absolute Gasteiger partial charge is 0.545 e. The fourth-order valence-corrected chi connectivity index (χ4v) is 5.07. The van der Waals surface area contributed by atoms with Gasteiger partial charge in [0, 0.05) is 34.2 Å².